The molecule has 0 bridgehead atoms. The van der Waals surface area contributed by atoms with Gasteiger partial charge in [0, 0.05) is 13.2 Å². The van der Waals surface area contributed by atoms with Crippen LogP contribution in [-0.4, -0.2) is 13.4 Å². The lowest BCUT2D eigenvalue weighted by Gasteiger charge is -1.88. The monoisotopic (exact) mass is 126 g/mol. The van der Waals surface area contributed by atoms with Gasteiger partial charge >= 0.3 is 0 Å². The number of nitrogens with one attached hydrogen (secondary N) is 1. The van der Waals surface area contributed by atoms with E-state index in [1.165, 1.54) is 0 Å². The fourth-order valence-corrected chi connectivity index (χ4v) is 0.339. The molecule has 0 heterocycles. The summed E-state index contributed by atoms with van der Waals surface area (Å²) in [5.74, 6) is 0.582. The van der Waals surface area contributed by atoms with E-state index in [4.69, 9.17) is 0 Å². The molecule has 1 N–H and O–H groups in total. The van der Waals surface area contributed by atoms with E-state index in [0.29, 0.717) is 5.92 Å². The van der Waals surface area contributed by atoms with Crippen molar-refractivity contribution in [2.75, 3.05) is 7.05 Å². The minimum Gasteiger partial charge on any atom is -0.379 e. The molecule has 0 aromatic heterocycles. The van der Waals surface area contributed by atoms with Crippen molar-refractivity contribution in [1.29, 1.82) is 0 Å². The first-order chi connectivity index (χ1) is 4.27. The van der Waals surface area contributed by atoms with E-state index in [2.05, 4.69) is 24.2 Å². The molecular formula is C7H14N2. The summed E-state index contributed by atoms with van der Waals surface area (Å²) < 4.78 is 0. The Morgan fingerprint density at radius 1 is 1.44 bits per heavy atom. The van der Waals surface area contributed by atoms with Gasteiger partial charge in [-0.2, -0.15) is 0 Å². The van der Waals surface area contributed by atoms with Crippen molar-refractivity contribution in [2.45, 2.75) is 13.8 Å². The van der Waals surface area contributed by atoms with Gasteiger partial charge in [0.1, 0.15) is 0 Å². The highest BCUT2D eigenvalue weighted by Crippen LogP contribution is 1.91. The summed E-state index contributed by atoms with van der Waals surface area (Å²) in [4.78, 5) is 3.91. The van der Waals surface area contributed by atoms with Crippen molar-refractivity contribution in [3.05, 3.63) is 12.3 Å². The molecule has 9 heavy (non-hydrogen) atoms. The fraction of sp³-hybridized carbons (Fsp3) is 0.571. The maximum absolute atomic E-state index is 3.91. The number of allylic oxidation sites excluding steroid dienone is 1. The molecule has 0 saturated carbocycles. The van der Waals surface area contributed by atoms with Crippen molar-refractivity contribution < 1.29 is 0 Å². The summed E-state index contributed by atoms with van der Waals surface area (Å²) in [6, 6.07) is 0. The summed E-state index contributed by atoms with van der Waals surface area (Å²) >= 11 is 0. The number of aliphatic imine (C=N–C) groups is 1. The Labute approximate surface area is 56.7 Å². The van der Waals surface area contributed by atoms with Crippen LogP contribution in [0.2, 0.25) is 0 Å². The topological polar surface area (TPSA) is 24.4 Å². The van der Waals surface area contributed by atoms with Crippen LogP contribution >= 0.6 is 0 Å². The normalized spacial score (nSPS) is 12.0. The maximum atomic E-state index is 3.91. The zero-order valence-electron chi connectivity index (χ0n) is 6.26. The second-order valence-corrected chi connectivity index (χ2v) is 2.15. The maximum Gasteiger partial charge on any atom is 0.0876 e. The quantitative estimate of drug-likeness (QED) is 0.448. The van der Waals surface area contributed by atoms with Gasteiger partial charge in [0.05, 0.1) is 6.34 Å². The summed E-state index contributed by atoms with van der Waals surface area (Å²) in [7, 11) is 1.83. The van der Waals surface area contributed by atoms with Crippen molar-refractivity contribution in [3.63, 3.8) is 0 Å². The predicted molar refractivity (Wildman–Crippen MR) is 41.5 cm³/mol. The SMILES string of the molecule is CN/C=N\C=CC(C)C. The molecule has 2 heteroatoms. The number of rotatable bonds is 3. The smallest absolute Gasteiger partial charge is 0.0876 e. The zero-order chi connectivity index (χ0) is 7.11. The van der Waals surface area contributed by atoms with Crippen molar-refractivity contribution in [2.24, 2.45) is 10.9 Å². The molecule has 0 aliphatic carbocycles. The van der Waals surface area contributed by atoms with Crippen molar-refractivity contribution >= 4 is 6.34 Å². The molecule has 0 amide bonds. The van der Waals surface area contributed by atoms with Gasteiger partial charge < -0.3 is 5.32 Å². The van der Waals surface area contributed by atoms with E-state index in [0.717, 1.165) is 0 Å². The summed E-state index contributed by atoms with van der Waals surface area (Å²) in [6.45, 7) is 4.23. The van der Waals surface area contributed by atoms with Crippen LogP contribution in [0.1, 0.15) is 13.8 Å². The van der Waals surface area contributed by atoms with E-state index in [1.807, 2.05) is 13.1 Å². The minimum atomic E-state index is 0.582. The first-order valence-corrected chi connectivity index (χ1v) is 3.13. The lowest BCUT2D eigenvalue weighted by molar-refractivity contribution is 0.829. The first-order valence-electron chi connectivity index (χ1n) is 3.13. The molecule has 0 aliphatic rings. The zero-order valence-corrected chi connectivity index (χ0v) is 6.26. The van der Waals surface area contributed by atoms with Gasteiger partial charge in [0.15, 0.2) is 0 Å². The molecule has 0 rings (SSSR count). The van der Waals surface area contributed by atoms with E-state index >= 15 is 0 Å². The molecule has 0 radical (unpaired) electrons. The molecule has 0 saturated heterocycles. The minimum absolute atomic E-state index is 0.582. The van der Waals surface area contributed by atoms with Gasteiger partial charge in [-0.05, 0) is 5.92 Å². The Morgan fingerprint density at radius 3 is 2.56 bits per heavy atom. The molecule has 0 spiro atoms. The third-order valence-corrected chi connectivity index (χ3v) is 0.761. The molecule has 0 fully saturated rings. The average Bonchev–Trinajstić information content (AvgIpc) is 1.80. The van der Waals surface area contributed by atoms with Crippen molar-refractivity contribution in [3.8, 4) is 0 Å². The van der Waals surface area contributed by atoms with Crippen LogP contribution in [-0.2, 0) is 0 Å². The molecule has 0 atom stereocenters. The Bertz CT molecular complexity index is 103. The molecule has 52 valence electrons. The van der Waals surface area contributed by atoms with E-state index in [9.17, 15) is 0 Å². The van der Waals surface area contributed by atoms with Gasteiger partial charge in [-0.3, -0.25) is 0 Å². The molecule has 0 aromatic carbocycles. The van der Waals surface area contributed by atoms with Crippen LogP contribution in [0.15, 0.2) is 17.3 Å². The lowest BCUT2D eigenvalue weighted by Crippen LogP contribution is -1.99. The number of hydrogen-bond donors (Lipinski definition) is 1. The summed E-state index contributed by atoms with van der Waals surface area (Å²) in [5, 5.41) is 2.80. The Kier molecular flexibility index (Phi) is 4.88. The predicted octanol–water partition coefficient (Wildman–Crippen LogP) is 1.40. The molecule has 0 aromatic rings. The fourth-order valence-electron chi connectivity index (χ4n) is 0.339. The molecule has 2 nitrogen and oxygen atoms in total. The van der Waals surface area contributed by atoms with Crippen LogP contribution < -0.4 is 5.32 Å². The summed E-state index contributed by atoms with van der Waals surface area (Å²) in [6.07, 6.45) is 5.48. The second-order valence-electron chi connectivity index (χ2n) is 2.15. The van der Waals surface area contributed by atoms with Crippen LogP contribution in [0, 0.1) is 5.92 Å². The van der Waals surface area contributed by atoms with Gasteiger partial charge in [-0.1, -0.05) is 19.9 Å². The molecule has 0 unspecified atom stereocenters. The van der Waals surface area contributed by atoms with Gasteiger partial charge in [-0.25, -0.2) is 4.99 Å². The van der Waals surface area contributed by atoms with Gasteiger partial charge in [0.2, 0.25) is 0 Å². The second kappa shape index (κ2) is 5.35. The number of nitrogens with zero attached hydrogens (tertiary/aromatic N) is 1. The largest absolute Gasteiger partial charge is 0.379 e. The highest BCUT2D eigenvalue weighted by molar-refractivity contribution is 5.54. The number of hydrogen-bond acceptors (Lipinski definition) is 1. The Balaban J connectivity index is 3.35. The van der Waals surface area contributed by atoms with E-state index in [1.54, 1.807) is 12.5 Å². The van der Waals surface area contributed by atoms with Crippen LogP contribution in [0.4, 0.5) is 0 Å². The van der Waals surface area contributed by atoms with Gasteiger partial charge in [-0.15, -0.1) is 0 Å². The third-order valence-electron chi connectivity index (χ3n) is 0.761. The van der Waals surface area contributed by atoms with Crippen LogP contribution in [0.5, 0.6) is 0 Å². The Hall–Kier alpha value is -0.790. The van der Waals surface area contributed by atoms with E-state index in [-0.39, 0.29) is 0 Å². The van der Waals surface area contributed by atoms with Gasteiger partial charge in [0.25, 0.3) is 0 Å². The highest BCUT2D eigenvalue weighted by Gasteiger charge is 1.78. The average molecular weight is 126 g/mol. The summed E-state index contributed by atoms with van der Waals surface area (Å²) in [5.41, 5.74) is 0. The third kappa shape index (κ3) is 7.21. The first kappa shape index (κ1) is 8.21. The van der Waals surface area contributed by atoms with Crippen LogP contribution in [0.25, 0.3) is 0 Å². The Morgan fingerprint density at radius 2 is 2.11 bits per heavy atom. The molecule has 0 aliphatic heterocycles. The lowest BCUT2D eigenvalue weighted by atomic mass is 10.2. The standard InChI is InChI=1S/C7H14N2/c1-7(2)4-5-9-6-8-3/h4-7H,1-3H3,(H,8,9). The van der Waals surface area contributed by atoms with Crippen LogP contribution in [0.3, 0.4) is 0 Å². The molecular weight excluding hydrogens is 112 g/mol. The van der Waals surface area contributed by atoms with Crippen molar-refractivity contribution in [1.82, 2.24) is 5.32 Å². The highest BCUT2D eigenvalue weighted by atomic mass is 14.9. The van der Waals surface area contributed by atoms with E-state index < -0.39 is 0 Å².